The van der Waals surface area contributed by atoms with Crippen molar-refractivity contribution >= 4 is 0 Å². The molecule has 1 heterocycles. The molecular weight excluding hydrogens is 216 g/mol. The fourth-order valence-corrected chi connectivity index (χ4v) is 2.35. The second-order valence-corrected chi connectivity index (χ2v) is 5.16. The Labute approximate surface area is 105 Å². The predicted molar refractivity (Wildman–Crippen MR) is 70.2 cm³/mol. The molecule has 0 bridgehead atoms. The zero-order valence-corrected chi connectivity index (χ0v) is 11.5. The van der Waals surface area contributed by atoms with Crippen LogP contribution in [0.25, 0.3) is 0 Å². The minimum Gasteiger partial charge on any atom is -0.392 e. The third-order valence-electron chi connectivity index (χ3n) is 3.84. The van der Waals surface area contributed by atoms with Gasteiger partial charge in [-0.1, -0.05) is 0 Å². The predicted octanol–water partition coefficient (Wildman–Crippen LogP) is 0.704. The van der Waals surface area contributed by atoms with Crippen molar-refractivity contribution in [2.75, 3.05) is 39.9 Å². The van der Waals surface area contributed by atoms with Gasteiger partial charge in [0.2, 0.25) is 0 Å². The topological polar surface area (TPSA) is 44.7 Å². The van der Waals surface area contributed by atoms with E-state index in [0.717, 1.165) is 38.7 Å². The van der Waals surface area contributed by atoms with Gasteiger partial charge in [0, 0.05) is 19.7 Å². The average Bonchev–Trinajstić information content (AvgIpc) is 2.34. The average molecular weight is 244 g/mol. The summed E-state index contributed by atoms with van der Waals surface area (Å²) in [6.45, 7) is 9.05. The highest BCUT2D eigenvalue weighted by molar-refractivity contribution is 4.79. The van der Waals surface area contributed by atoms with E-state index in [9.17, 15) is 5.11 Å². The first-order valence-electron chi connectivity index (χ1n) is 6.77. The summed E-state index contributed by atoms with van der Waals surface area (Å²) < 4.78 is 5.01. The minimum atomic E-state index is -0.230. The molecule has 1 fully saturated rings. The molecule has 0 saturated carbocycles. The van der Waals surface area contributed by atoms with E-state index in [0.29, 0.717) is 0 Å². The zero-order chi connectivity index (χ0) is 12.7. The fourth-order valence-electron chi connectivity index (χ4n) is 2.35. The number of aliphatic hydroxyl groups excluding tert-OH is 1. The van der Waals surface area contributed by atoms with Crippen molar-refractivity contribution in [3.8, 4) is 0 Å². The molecule has 2 N–H and O–H groups in total. The SMILES string of the molecule is COCCNCC1CCN(C(C)C(C)O)CC1. The van der Waals surface area contributed by atoms with Gasteiger partial charge in [-0.25, -0.2) is 0 Å². The van der Waals surface area contributed by atoms with Crippen molar-refractivity contribution in [2.45, 2.75) is 38.8 Å². The highest BCUT2D eigenvalue weighted by atomic mass is 16.5. The van der Waals surface area contributed by atoms with Crippen LogP contribution in [0.3, 0.4) is 0 Å². The molecule has 0 spiro atoms. The molecule has 0 radical (unpaired) electrons. The van der Waals surface area contributed by atoms with Crippen LogP contribution in [0.15, 0.2) is 0 Å². The standard InChI is InChI=1S/C13H28N2O2/c1-11(12(2)16)15-7-4-13(5-8-15)10-14-6-9-17-3/h11-14,16H,4-10H2,1-3H3. The summed E-state index contributed by atoms with van der Waals surface area (Å²) in [5.41, 5.74) is 0. The van der Waals surface area contributed by atoms with Gasteiger partial charge < -0.3 is 15.2 Å². The molecule has 0 aromatic rings. The van der Waals surface area contributed by atoms with Gasteiger partial charge in [-0.05, 0) is 52.2 Å². The molecule has 0 aromatic heterocycles. The van der Waals surface area contributed by atoms with E-state index in [4.69, 9.17) is 4.74 Å². The highest BCUT2D eigenvalue weighted by Gasteiger charge is 2.24. The summed E-state index contributed by atoms with van der Waals surface area (Å²) in [5.74, 6) is 0.782. The summed E-state index contributed by atoms with van der Waals surface area (Å²) in [6.07, 6.45) is 2.24. The van der Waals surface area contributed by atoms with Crippen molar-refractivity contribution in [3.05, 3.63) is 0 Å². The van der Waals surface area contributed by atoms with Crippen molar-refractivity contribution in [3.63, 3.8) is 0 Å². The summed E-state index contributed by atoms with van der Waals surface area (Å²) in [6, 6.07) is 0.289. The Kier molecular flexibility index (Phi) is 7.04. The maximum Gasteiger partial charge on any atom is 0.0664 e. The Balaban J connectivity index is 2.13. The maximum absolute atomic E-state index is 9.57. The largest absolute Gasteiger partial charge is 0.392 e. The second kappa shape index (κ2) is 8.03. The molecule has 0 aromatic carbocycles. The Morgan fingerprint density at radius 1 is 1.35 bits per heavy atom. The summed E-state index contributed by atoms with van der Waals surface area (Å²) >= 11 is 0. The number of nitrogens with zero attached hydrogens (tertiary/aromatic N) is 1. The van der Waals surface area contributed by atoms with Gasteiger partial charge in [0.25, 0.3) is 0 Å². The molecule has 17 heavy (non-hydrogen) atoms. The van der Waals surface area contributed by atoms with Gasteiger partial charge in [-0.3, -0.25) is 4.90 Å². The lowest BCUT2D eigenvalue weighted by Gasteiger charge is -2.37. The van der Waals surface area contributed by atoms with E-state index >= 15 is 0 Å². The minimum absolute atomic E-state index is 0.230. The Morgan fingerprint density at radius 2 is 2.00 bits per heavy atom. The number of piperidine rings is 1. The van der Waals surface area contributed by atoms with E-state index < -0.39 is 0 Å². The lowest BCUT2D eigenvalue weighted by molar-refractivity contribution is 0.0480. The molecule has 1 aliphatic rings. The van der Waals surface area contributed by atoms with E-state index in [1.54, 1.807) is 7.11 Å². The van der Waals surface area contributed by atoms with Crippen molar-refractivity contribution in [2.24, 2.45) is 5.92 Å². The smallest absolute Gasteiger partial charge is 0.0664 e. The van der Waals surface area contributed by atoms with Crippen LogP contribution in [0.2, 0.25) is 0 Å². The maximum atomic E-state index is 9.57. The van der Waals surface area contributed by atoms with Crippen molar-refractivity contribution in [1.82, 2.24) is 10.2 Å². The first-order valence-corrected chi connectivity index (χ1v) is 6.77. The fraction of sp³-hybridized carbons (Fsp3) is 1.00. The number of hydrogen-bond donors (Lipinski definition) is 2. The molecule has 102 valence electrons. The van der Waals surface area contributed by atoms with Crippen LogP contribution in [0, 0.1) is 5.92 Å². The van der Waals surface area contributed by atoms with Crippen LogP contribution in [-0.2, 0) is 4.74 Å². The number of methoxy groups -OCH3 is 1. The summed E-state index contributed by atoms with van der Waals surface area (Å²) in [5, 5.41) is 13.0. The van der Waals surface area contributed by atoms with Crippen LogP contribution < -0.4 is 5.32 Å². The molecule has 1 aliphatic heterocycles. The lowest BCUT2D eigenvalue weighted by atomic mass is 9.95. The van der Waals surface area contributed by atoms with E-state index in [1.807, 2.05) is 6.92 Å². The molecule has 4 nitrogen and oxygen atoms in total. The van der Waals surface area contributed by atoms with Gasteiger partial charge in [-0.15, -0.1) is 0 Å². The van der Waals surface area contributed by atoms with Gasteiger partial charge >= 0.3 is 0 Å². The molecule has 2 atom stereocenters. The normalized spacial score (nSPS) is 22.6. The van der Waals surface area contributed by atoms with E-state index in [-0.39, 0.29) is 12.1 Å². The second-order valence-electron chi connectivity index (χ2n) is 5.16. The van der Waals surface area contributed by atoms with Gasteiger partial charge in [0.05, 0.1) is 12.7 Å². The molecule has 4 heteroatoms. The lowest BCUT2D eigenvalue weighted by Crippen LogP contribution is -2.46. The number of nitrogens with one attached hydrogen (secondary N) is 1. The van der Waals surface area contributed by atoms with E-state index in [1.165, 1.54) is 12.8 Å². The zero-order valence-electron chi connectivity index (χ0n) is 11.5. The number of aliphatic hydroxyl groups is 1. The van der Waals surface area contributed by atoms with Crippen LogP contribution in [0.5, 0.6) is 0 Å². The molecular formula is C13H28N2O2. The summed E-state index contributed by atoms with van der Waals surface area (Å²) in [4.78, 5) is 2.40. The highest BCUT2D eigenvalue weighted by Crippen LogP contribution is 2.19. The molecule has 1 rings (SSSR count). The van der Waals surface area contributed by atoms with Crippen LogP contribution in [-0.4, -0.2) is 62.0 Å². The third-order valence-corrected chi connectivity index (χ3v) is 3.84. The Bertz CT molecular complexity index is 192. The van der Waals surface area contributed by atoms with E-state index in [2.05, 4.69) is 17.1 Å². The van der Waals surface area contributed by atoms with Crippen molar-refractivity contribution in [1.29, 1.82) is 0 Å². The van der Waals surface area contributed by atoms with Gasteiger partial charge in [0.15, 0.2) is 0 Å². The Hall–Kier alpha value is -0.160. The number of hydrogen-bond acceptors (Lipinski definition) is 4. The Morgan fingerprint density at radius 3 is 2.53 bits per heavy atom. The molecule has 0 aliphatic carbocycles. The molecule has 1 saturated heterocycles. The summed E-state index contributed by atoms with van der Waals surface area (Å²) in [7, 11) is 1.73. The number of likely N-dealkylation sites (tertiary alicyclic amines) is 1. The number of rotatable bonds is 7. The van der Waals surface area contributed by atoms with Gasteiger partial charge in [-0.2, -0.15) is 0 Å². The first-order chi connectivity index (χ1) is 8.15. The van der Waals surface area contributed by atoms with Crippen LogP contribution >= 0.6 is 0 Å². The monoisotopic (exact) mass is 244 g/mol. The molecule has 0 amide bonds. The first kappa shape index (κ1) is 14.9. The quantitative estimate of drug-likeness (QED) is 0.647. The van der Waals surface area contributed by atoms with Crippen molar-refractivity contribution < 1.29 is 9.84 Å². The van der Waals surface area contributed by atoms with Gasteiger partial charge in [0.1, 0.15) is 0 Å². The van der Waals surface area contributed by atoms with Crippen LogP contribution in [0.1, 0.15) is 26.7 Å². The molecule has 2 unspecified atom stereocenters. The number of ether oxygens (including phenoxy) is 1. The van der Waals surface area contributed by atoms with Crippen LogP contribution in [0.4, 0.5) is 0 Å². The third kappa shape index (κ3) is 5.34.